The maximum atomic E-state index is 12.7. The standard InChI is InChI=1S/C20H33N3O3/c1-7-15(3)23(16(4)8-2)20(25)14-22(5)13-19(24)21-17-9-11-18(26-6)12-10-17/h9-12,15-16H,7-8,13-14H2,1-6H3,(H,21,24)/p+1/t15-,16+. The highest BCUT2D eigenvalue weighted by atomic mass is 16.5. The van der Waals surface area contributed by atoms with Crippen LogP contribution in [0.15, 0.2) is 24.3 Å². The molecular formula is C20H34N3O3+. The van der Waals surface area contributed by atoms with Gasteiger partial charge in [0.2, 0.25) is 0 Å². The first kappa shape index (κ1) is 22.0. The van der Waals surface area contributed by atoms with Crippen LogP contribution in [0.5, 0.6) is 5.75 Å². The van der Waals surface area contributed by atoms with E-state index in [1.54, 1.807) is 31.4 Å². The molecule has 0 fully saturated rings. The molecule has 2 N–H and O–H groups in total. The number of hydrogen-bond donors (Lipinski definition) is 2. The van der Waals surface area contributed by atoms with Gasteiger partial charge in [0, 0.05) is 17.8 Å². The number of hydrogen-bond acceptors (Lipinski definition) is 3. The fourth-order valence-corrected chi connectivity index (χ4v) is 2.89. The highest BCUT2D eigenvalue weighted by molar-refractivity contribution is 5.91. The molecule has 0 heterocycles. The second-order valence-electron chi connectivity index (χ2n) is 6.90. The molecule has 0 aliphatic heterocycles. The quantitative estimate of drug-likeness (QED) is 0.662. The summed E-state index contributed by atoms with van der Waals surface area (Å²) in [6, 6.07) is 7.60. The predicted molar refractivity (Wildman–Crippen MR) is 105 cm³/mol. The molecule has 3 atom stereocenters. The SMILES string of the molecule is CC[C@@H](C)N(C(=O)C[NH+](C)CC(=O)Nc1ccc(OC)cc1)[C@@H](C)CC. The molecule has 1 aromatic carbocycles. The van der Waals surface area contributed by atoms with Crippen LogP contribution in [0.3, 0.4) is 0 Å². The zero-order chi connectivity index (χ0) is 19.7. The fraction of sp³-hybridized carbons (Fsp3) is 0.600. The van der Waals surface area contributed by atoms with E-state index in [0.717, 1.165) is 29.2 Å². The Morgan fingerprint density at radius 3 is 2.08 bits per heavy atom. The Bertz CT molecular complexity index is 564. The molecule has 0 aliphatic rings. The molecule has 0 saturated carbocycles. The van der Waals surface area contributed by atoms with E-state index in [2.05, 4.69) is 33.0 Å². The molecule has 0 radical (unpaired) electrons. The third-order valence-corrected chi connectivity index (χ3v) is 4.71. The molecule has 0 bridgehead atoms. The molecule has 0 spiro atoms. The topological polar surface area (TPSA) is 63.1 Å². The molecule has 0 saturated heterocycles. The summed E-state index contributed by atoms with van der Waals surface area (Å²) in [5.74, 6) is 0.731. The van der Waals surface area contributed by atoms with Crippen molar-refractivity contribution in [3.05, 3.63) is 24.3 Å². The Balaban J connectivity index is 2.58. The van der Waals surface area contributed by atoms with Gasteiger partial charge in [-0.1, -0.05) is 13.8 Å². The van der Waals surface area contributed by atoms with Crippen LogP contribution < -0.4 is 15.0 Å². The van der Waals surface area contributed by atoms with Gasteiger partial charge in [-0.05, 0) is 51.0 Å². The summed E-state index contributed by atoms with van der Waals surface area (Å²) in [7, 11) is 3.47. The average molecular weight is 365 g/mol. The molecule has 1 unspecified atom stereocenters. The van der Waals surface area contributed by atoms with Gasteiger partial charge in [-0.2, -0.15) is 0 Å². The number of quaternary nitrogens is 1. The maximum Gasteiger partial charge on any atom is 0.279 e. The zero-order valence-corrected chi connectivity index (χ0v) is 17.0. The van der Waals surface area contributed by atoms with Crippen molar-refractivity contribution in [3.63, 3.8) is 0 Å². The first-order valence-electron chi connectivity index (χ1n) is 9.38. The molecule has 0 aliphatic carbocycles. The van der Waals surface area contributed by atoms with Crippen molar-refractivity contribution in [3.8, 4) is 5.75 Å². The van der Waals surface area contributed by atoms with Crippen LogP contribution in [0.4, 0.5) is 5.69 Å². The zero-order valence-electron chi connectivity index (χ0n) is 17.0. The lowest BCUT2D eigenvalue weighted by Gasteiger charge is -2.34. The summed E-state index contributed by atoms with van der Waals surface area (Å²) in [6.45, 7) is 8.89. The van der Waals surface area contributed by atoms with Gasteiger partial charge in [0.1, 0.15) is 5.75 Å². The van der Waals surface area contributed by atoms with Gasteiger partial charge < -0.3 is 19.9 Å². The minimum Gasteiger partial charge on any atom is -0.497 e. The van der Waals surface area contributed by atoms with E-state index in [0.29, 0.717) is 6.54 Å². The Morgan fingerprint density at radius 1 is 1.08 bits per heavy atom. The molecule has 1 rings (SSSR count). The Morgan fingerprint density at radius 2 is 1.62 bits per heavy atom. The summed E-state index contributed by atoms with van der Waals surface area (Å²) in [5.41, 5.74) is 0.718. The van der Waals surface area contributed by atoms with Crippen LogP contribution in [0, 0.1) is 0 Å². The number of likely N-dealkylation sites (N-methyl/N-ethyl adjacent to an activating group) is 1. The van der Waals surface area contributed by atoms with Crippen LogP contribution in [-0.4, -0.2) is 56.0 Å². The van der Waals surface area contributed by atoms with Crippen molar-refractivity contribution < 1.29 is 19.2 Å². The number of anilines is 1. The van der Waals surface area contributed by atoms with Gasteiger partial charge in [0.15, 0.2) is 13.1 Å². The summed E-state index contributed by atoms with van der Waals surface area (Å²) >= 11 is 0. The predicted octanol–water partition coefficient (Wildman–Crippen LogP) is 1.57. The maximum absolute atomic E-state index is 12.7. The van der Waals surface area contributed by atoms with Crippen molar-refractivity contribution in [2.75, 3.05) is 32.6 Å². The summed E-state index contributed by atoms with van der Waals surface area (Å²) in [4.78, 5) is 27.8. The number of rotatable bonds is 10. The summed E-state index contributed by atoms with van der Waals surface area (Å²) < 4.78 is 5.10. The van der Waals surface area contributed by atoms with Gasteiger partial charge in [-0.3, -0.25) is 9.59 Å². The highest BCUT2D eigenvalue weighted by Gasteiger charge is 2.26. The van der Waals surface area contributed by atoms with E-state index in [1.807, 2.05) is 11.9 Å². The molecule has 0 aromatic heterocycles. The van der Waals surface area contributed by atoms with Crippen molar-refractivity contribution in [2.24, 2.45) is 0 Å². The normalized spacial score (nSPS) is 14.2. The van der Waals surface area contributed by atoms with Crippen molar-refractivity contribution in [1.29, 1.82) is 0 Å². The lowest BCUT2D eigenvalue weighted by Crippen LogP contribution is -3.11. The number of nitrogens with zero attached hydrogens (tertiary/aromatic N) is 1. The molecule has 146 valence electrons. The first-order valence-corrected chi connectivity index (χ1v) is 9.38. The number of carbonyl (C=O) groups excluding carboxylic acids is 2. The number of nitrogens with one attached hydrogen (secondary N) is 2. The number of amides is 2. The van der Waals surface area contributed by atoms with E-state index >= 15 is 0 Å². The summed E-state index contributed by atoms with van der Waals surface area (Å²) in [6.07, 6.45) is 1.85. The lowest BCUT2D eigenvalue weighted by molar-refractivity contribution is -0.862. The molecule has 6 heteroatoms. The van der Waals surface area contributed by atoms with Crippen LogP contribution in [0.2, 0.25) is 0 Å². The summed E-state index contributed by atoms with van der Waals surface area (Å²) in [5, 5.41) is 2.85. The van der Waals surface area contributed by atoms with Crippen molar-refractivity contribution in [2.45, 2.75) is 52.6 Å². The van der Waals surface area contributed by atoms with Gasteiger partial charge in [-0.25, -0.2) is 0 Å². The number of methoxy groups -OCH3 is 1. The monoisotopic (exact) mass is 364 g/mol. The molecule has 6 nitrogen and oxygen atoms in total. The molecule has 1 aromatic rings. The second-order valence-corrected chi connectivity index (χ2v) is 6.90. The third-order valence-electron chi connectivity index (χ3n) is 4.71. The third kappa shape index (κ3) is 6.67. The first-order chi connectivity index (χ1) is 12.3. The Labute approximate surface area is 157 Å². The van der Waals surface area contributed by atoms with Crippen LogP contribution >= 0.6 is 0 Å². The lowest BCUT2D eigenvalue weighted by atomic mass is 10.1. The van der Waals surface area contributed by atoms with E-state index in [9.17, 15) is 9.59 Å². The Kier molecular flexibility index (Phi) is 9.13. The van der Waals surface area contributed by atoms with Crippen molar-refractivity contribution >= 4 is 17.5 Å². The van der Waals surface area contributed by atoms with E-state index in [-0.39, 0.29) is 30.4 Å². The molecule has 2 amide bonds. The minimum absolute atomic E-state index is 0.100. The Hall–Kier alpha value is -2.08. The number of ether oxygens (including phenoxy) is 1. The van der Waals surface area contributed by atoms with Crippen LogP contribution in [0.25, 0.3) is 0 Å². The van der Waals surface area contributed by atoms with Crippen molar-refractivity contribution in [1.82, 2.24) is 4.90 Å². The van der Waals surface area contributed by atoms with Gasteiger partial charge in [0.05, 0.1) is 14.2 Å². The number of carbonyl (C=O) groups is 2. The van der Waals surface area contributed by atoms with Gasteiger partial charge in [-0.15, -0.1) is 0 Å². The van der Waals surface area contributed by atoms with Crippen LogP contribution in [-0.2, 0) is 9.59 Å². The fourth-order valence-electron chi connectivity index (χ4n) is 2.89. The average Bonchev–Trinajstić information content (AvgIpc) is 2.61. The van der Waals surface area contributed by atoms with Gasteiger partial charge in [0.25, 0.3) is 11.8 Å². The highest BCUT2D eigenvalue weighted by Crippen LogP contribution is 2.14. The molecule has 26 heavy (non-hydrogen) atoms. The van der Waals surface area contributed by atoms with E-state index in [1.165, 1.54) is 0 Å². The van der Waals surface area contributed by atoms with E-state index in [4.69, 9.17) is 4.74 Å². The smallest absolute Gasteiger partial charge is 0.279 e. The van der Waals surface area contributed by atoms with Gasteiger partial charge >= 0.3 is 0 Å². The van der Waals surface area contributed by atoms with E-state index < -0.39 is 0 Å². The minimum atomic E-state index is -0.112. The second kappa shape index (κ2) is 10.8. The van der Waals surface area contributed by atoms with Crippen LogP contribution in [0.1, 0.15) is 40.5 Å². The number of benzene rings is 1. The molecular weight excluding hydrogens is 330 g/mol. The largest absolute Gasteiger partial charge is 0.497 e.